The molecule has 0 bridgehead atoms. The molecule has 0 radical (unpaired) electrons. The highest BCUT2D eigenvalue weighted by Crippen LogP contribution is 2.18. The van der Waals surface area contributed by atoms with Gasteiger partial charge in [-0.25, -0.2) is 9.59 Å². The highest BCUT2D eigenvalue weighted by Gasteiger charge is 2.06. The third kappa shape index (κ3) is 4.85. The first-order chi connectivity index (χ1) is 10.9. The Morgan fingerprint density at radius 1 is 0.957 bits per heavy atom. The van der Waals surface area contributed by atoms with Gasteiger partial charge in [-0.2, -0.15) is 0 Å². The SMILES string of the molecule is CC(=O)c1ccc(NC(=O)Nc2cccc(OC(N)=O)c2)cc1. The highest BCUT2D eigenvalue weighted by molar-refractivity contribution is 6.00. The summed E-state index contributed by atoms with van der Waals surface area (Å²) in [4.78, 5) is 33.8. The van der Waals surface area contributed by atoms with E-state index in [-0.39, 0.29) is 11.5 Å². The summed E-state index contributed by atoms with van der Waals surface area (Å²) < 4.78 is 4.73. The van der Waals surface area contributed by atoms with Gasteiger partial charge >= 0.3 is 12.1 Å². The largest absolute Gasteiger partial charge is 0.410 e. The average molecular weight is 313 g/mol. The predicted octanol–water partition coefficient (Wildman–Crippen LogP) is 2.99. The number of anilines is 2. The Morgan fingerprint density at radius 3 is 2.22 bits per heavy atom. The van der Waals surface area contributed by atoms with E-state index in [1.165, 1.54) is 19.1 Å². The summed E-state index contributed by atoms with van der Waals surface area (Å²) in [5.74, 6) is 0.174. The van der Waals surface area contributed by atoms with Crippen molar-refractivity contribution in [3.63, 3.8) is 0 Å². The van der Waals surface area contributed by atoms with Crippen LogP contribution in [0.2, 0.25) is 0 Å². The Labute approximate surface area is 132 Å². The first kappa shape index (κ1) is 16.0. The molecule has 7 heteroatoms. The van der Waals surface area contributed by atoms with Crippen LogP contribution < -0.4 is 21.1 Å². The number of nitrogens with one attached hydrogen (secondary N) is 2. The van der Waals surface area contributed by atoms with Gasteiger partial charge < -0.3 is 21.1 Å². The Balaban J connectivity index is 1.99. The van der Waals surface area contributed by atoms with E-state index < -0.39 is 12.1 Å². The lowest BCUT2D eigenvalue weighted by molar-refractivity contribution is 0.101. The Kier molecular flexibility index (Phi) is 4.93. The molecule has 0 aliphatic heterocycles. The number of ether oxygens (including phenoxy) is 1. The Bertz CT molecular complexity index is 741. The van der Waals surface area contributed by atoms with E-state index >= 15 is 0 Å². The number of urea groups is 1. The van der Waals surface area contributed by atoms with Crippen molar-refractivity contribution in [1.29, 1.82) is 0 Å². The van der Waals surface area contributed by atoms with Crippen LogP contribution in [0.1, 0.15) is 17.3 Å². The van der Waals surface area contributed by atoms with E-state index in [9.17, 15) is 14.4 Å². The first-order valence-corrected chi connectivity index (χ1v) is 6.70. The second-order valence-electron chi connectivity index (χ2n) is 4.66. The van der Waals surface area contributed by atoms with Gasteiger partial charge in [0, 0.05) is 23.0 Å². The van der Waals surface area contributed by atoms with Gasteiger partial charge in [-0.1, -0.05) is 6.07 Å². The fourth-order valence-electron chi connectivity index (χ4n) is 1.84. The molecule has 0 heterocycles. The monoisotopic (exact) mass is 313 g/mol. The number of ketones is 1. The number of rotatable bonds is 4. The molecular formula is C16H15N3O4. The molecule has 0 unspecified atom stereocenters. The van der Waals surface area contributed by atoms with Crippen LogP contribution in [0.3, 0.4) is 0 Å². The molecule has 0 spiro atoms. The average Bonchev–Trinajstić information content (AvgIpc) is 2.47. The summed E-state index contributed by atoms with van der Waals surface area (Å²) in [6, 6.07) is 12.3. The number of primary amides is 1. The minimum Gasteiger partial charge on any atom is -0.410 e. The van der Waals surface area contributed by atoms with Crippen LogP contribution in [0.15, 0.2) is 48.5 Å². The van der Waals surface area contributed by atoms with E-state index in [0.717, 1.165) is 0 Å². The summed E-state index contributed by atoms with van der Waals surface area (Å²) in [5.41, 5.74) is 6.46. The fourth-order valence-corrected chi connectivity index (χ4v) is 1.84. The van der Waals surface area contributed by atoms with Crippen molar-refractivity contribution < 1.29 is 19.1 Å². The summed E-state index contributed by atoms with van der Waals surface area (Å²) in [6.07, 6.45) is -0.933. The summed E-state index contributed by atoms with van der Waals surface area (Å²) >= 11 is 0. The van der Waals surface area contributed by atoms with Crippen molar-refractivity contribution >= 4 is 29.3 Å². The molecule has 0 saturated carbocycles. The van der Waals surface area contributed by atoms with Gasteiger partial charge in [-0.3, -0.25) is 4.79 Å². The summed E-state index contributed by atoms with van der Waals surface area (Å²) in [5, 5.41) is 5.22. The second-order valence-corrected chi connectivity index (χ2v) is 4.66. The number of amides is 3. The van der Waals surface area contributed by atoms with Gasteiger partial charge in [0.1, 0.15) is 5.75 Å². The molecule has 7 nitrogen and oxygen atoms in total. The van der Waals surface area contributed by atoms with Crippen molar-refractivity contribution in [3.8, 4) is 5.75 Å². The zero-order chi connectivity index (χ0) is 16.8. The lowest BCUT2D eigenvalue weighted by Crippen LogP contribution is -2.20. The van der Waals surface area contributed by atoms with Crippen molar-refractivity contribution in [2.24, 2.45) is 5.73 Å². The molecule has 0 aliphatic carbocycles. The van der Waals surface area contributed by atoms with Crippen LogP contribution in [0.5, 0.6) is 5.75 Å². The number of hydrogen-bond donors (Lipinski definition) is 3. The van der Waals surface area contributed by atoms with Gasteiger partial charge in [0.25, 0.3) is 0 Å². The first-order valence-electron chi connectivity index (χ1n) is 6.70. The zero-order valence-electron chi connectivity index (χ0n) is 12.3. The zero-order valence-corrected chi connectivity index (χ0v) is 12.3. The number of nitrogens with two attached hydrogens (primary N) is 1. The quantitative estimate of drug-likeness (QED) is 0.753. The minimum absolute atomic E-state index is 0.0488. The molecule has 23 heavy (non-hydrogen) atoms. The molecule has 0 atom stereocenters. The van der Waals surface area contributed by atoms with Gasteiger partial charge in [0.05, 0.1) is 0 Å². The van der Waals surface area contributed by atoms with E-state index in [1.54, 1.807) is 36.4 Å². The molecule has 0 aromatic heterocycles. The topological polar surface area (TPSA) is 111 Å². The third-order valence-corrected chi connectivity index (χ3v) is 2.86. The fraction of sp³-hybridized carbons (Fsp3) is 0.0625. The molecule has 0 saturated heterocycles. The minimum atomic E-state index is -0.933. The van der Waals surface area contributed by atoms with Crippen LogP contribution >= 0.6 is 0 Å². The highest BCUT2D eigenvalue weighted by atomic mass is 16.5. The van der Waals surface area contributed by atoms with Gasteiger partial charge in [0.2, 0.25) is 0 Å². The Morgan fingerprint density at radius 2 is 1.61 bits per heavy atom. The molecule has 2 aromatic rings. The molecule has 0 fully saturated rings. The molecule has 118 valence electrons. The third-order valence-electron chi connectivity index (χ3n) is 2.86. The number of benzene rings is 2. The smallest absolute Gasteiger partial charge is 0.409 e. The van der Waals surface area contributed by atoms with Crippen molar-refractivity contribution in [2.75, 3.05) is 10.6 Å². The Hall–Kier alpha value is -3.35. The standard InChI is InChI=1S/C16H15N3O4/c1-10(20)11-5-7-12(8-6-11)18-16(22)19-13-3-2-4-14(9-13)23-15(17)21/h2-9H,1H3,(H2,17,21)(H2,18,19,22). The molecule has 3 amide bonds. The molecule has 4 N–H and O–H groups in total. The number of carbonyl (C=O) groups excluding carboxylic acids is 3. The van der Waals surface area contributed by atoms with E-state index in [0.29, 0.717) is 16.9 Å². The summed E-state index contributed by atoms with van der Waals surface area (Å²) in [7, 11) is 0. The molecule has 0 aliphatic rings. The predicted molar refractivity (Wildman–Crippen MR) is 85.7 cm³/mol. The second kappa shape index (κ2) is 7.08. The maximum Gasteiger partial charge on any atom is 0.409 e. The number of hydrogen-bond acceptors (Lipinski definition) is 4. The molecular weight excluding hydrogens is 298 g/mol. The number of Topliss-reactive ketones (excluding diaryl/α,β-unsaturated/α-hetero) is 1. The number of carbonyl (C=O) groups is 3. The van der Waals surface area contributed by atoms with E-state index in [1.807, 2.05) is 0 Å². The van der Waals surface area contributed by atoms with Crippen LogP contribution in [0.4, 0.5) is 21.0 Å². The van der Waals surface area contributed by atoms with Crippen LogP contribution in [-0.2, 0) is 0 Å². The van der Waals surface area contributed by atoms with Crippen LogP contribution in [0.25, 0.3) is 0 Å². The van der Waals surface area contributed by atoms with Gasteiger partial charge in [0.15, 0.2) is 5.78 Å². The van der Waals surface area contributed by atoms with Crippen molar-refractivity contribution in [1.82, 2.24) is 0 Å². The lowest BCUT2D eigenvalue weighted by Gasteiger charge is -2.09. The van der Waals surface area contributed by atoms with E-state index in [2.05, 4.69) is 10.6 Å². The maximum absolute atomic E-state index is 11.9. The van der Waals surface area contributed by atoms with Crippen LogP contribution in [-0.4, -0.2) is 17.9 Å². The van der Waals surface area contributed by atoms with Crippen molar-refractivity contribution in [2.45, 2.75) is 6.92 Å². The van der Waals surface area contributed by atoms with Gasteiger partial charge in [-0.15, -0.1) is 0 Å². The van der Waals surface area contributed by atoms with Crippen molar-refractivity contribution in [3.05, 3.63) is 54.1 Å². The van der Waals surface area contributed by atoms with E-state index in [4.69, 9.17) is 10.5 Å². The molecule has 2 aromatic carbocycles. The maximum atomic E-state index is 11.9. The normalized spacial score (nSPS) is 9.78. The summed E-state index contributed by atoms with van der Waals surface area (Å²) in [6.45, 7) is 1.47. The lowest BCUT2D eigenvalue weighted by atomic mass is 10.1. The van der Waals surface area contributed by atoms with Gasteiger partial charge in [-0.05, 0) is 43.3 Å². The van der Waals surface area contributed by atoms with Crippen LogP contribution in [0, 0.1) is 0 Å². The molecule has 2 rings (SSSR count).